The van der Waals surface area contributed by atoms with Gasteiger partial charge in [0.25, 0.3) is 11.8 Å². The lowest BCUT2D eigenvalue weighted by Crippen LogP contribution is -2.38. The first kappa shape index (κ1) is 18.8. The topological polar surface area (TPSA) is 67.9 Å². The molecular weight excluding hydrogens is 320 g/mol. The van der Waals surface area contributed by atoms with Crippen molar-refractivity contribution in [3.63, 3.8) is 0 Å². The Morgan fingerprint density at radius 1 is 1.20 bits per heavy atom. The maximum absolute atomic E-state index is 12.2. The molecule has 25 heavy (non-hydrogen) atoms. The highest BCUT2D eigenvalue weighted by molar-refractivity contribution is 5.95. The zero-order valence-corrected chi connectivity index (χ0v) is 14.8. The number of ether oxygens (including phenoxy) is 2. The van der Waals surface area contributed by atoms with Crippen molar-refractivity contribution in [3.05, 3.63) is 36.4 Å². The van der Waals surface area contributed by atoms with E-state index in [0.29, 0.717) is 30.2 Å². The first-order valence-electron chi connectivity index (χ1n) is 8.72. The standard InChI is InChI=1S/C19H26N2O4/c1-3-10-20-19(23)15-8-9-16(17(13-15)24-4-2)25-14-18(22)21-11-6-5-7-12-21/h3,8-9,13H,1,4-7,10-12,14H2,2H3,(H,20,23). The van der Waals surface area contributed by atoms with Crippen molar-refractivity contribution in [2.75, 3.05) is 32.8 Å². The molecule has 0 atom stereocenters. The molecule has 0 bridgehead atoms. The second-order valence-electron chi connectivity index (χ2n) is 5.82. The maximum Gasteiger partial charge on any atom is 0.260 e. The Morgan fingerprint density at radius 2 is 1.96 bits per heavy atom. The molecule has 1 aromatic carbocycles. The molecule has 1 saturated heterocycles. The van der Waals surface area contributed by atoms with Crippen LogP contribution in [0.4, 0.5) is 0 Å². The fraction of sp³-hybridized carbons (Fsp3) is 0.474. The molecule has 0 radical (unpaired) electrons. The van der Waals surface area contributed by atoms with Crippen LogP contribution < -0.4 is 14.8 Å². The lowest BCUT2D eigenvalue weighted by molar-refractivity contribution is -0.134. The van der Waals surface area contributed by atoms with Crippen LogP contribution >= 0.6 is 0 Å². The van der Waals surface area contributed by atoms with Crippen LogP contribution in [0.15, 0.2) is 30.9 Å². The number of hydrogen-bond donors (Lipinski definition) is 1. The van der Waals surface area contributed by atoms with Crippen LogP contribution in [-0.4, -0.2) is 49.6 Å². The van der Waals surface area contributed by atoms with E-state index < -0.39 is 0 Å². The third-order valence-electron chi connectivity index (χ3n) is 3.97. The van der Waals surface area contributed by atoms with Crippen LogP contribution in [0.5, 0.6) is 11.5 Å². The Bertz CT molecular complexity index is 609. The van der Waals surface area contributed by atoms with Gasteiger partial charge < -0.3 is 19.7 Å². The molecular formula is C19H26N2O4. The largest absolute Gasteiger partial charge is 0.490 e. The molecule has 1 N–H and O–H groups in total. The highest BCUT2D eigenvalue weighted by atomic mass is 16.5. The summed E-state index contributed by atoms with van der Waals surface area (Å²) in [5, 5.41) is 2.72. The number of piperidine rings is 1. The predicted molar refractivity (Wildman–Crippen MR) is 96.1 cm³/mol. The smallest absolute Gasteiger partial charge is 0.260 e. The van der Waals surface area contributed by atoms with E-state index >= 15 is 0 Å². The summed E-state index contributed by atoms with van der Waals surface area (Å²) in [5.41, 5.74) is 0.472. The van der Waals surface area contributed by atoms with Crippen LogP contribution in [0.3, 0.4) is 0 Å². The molecule has 2 rings (SSSR count). The molecule has 1 heterocycles. The van der Waals surface area contributed by atoms with Crippen molar-refractivity contribution in [1.82, 2.24) is 10.2 Å². The van der Waals surface area contributed by atoms with E-state index in [2.05, 4.69) is 11.9 Å². The highest BCUT2D eigenvalue weighted by Crippen LogP contribution is 2.28. The third kappa shape index (κ3) is 5.52. The van der Waals surface area contributed by atoms with Gasteiger partial charge >= 0.3 is 0 Å². The van der Waals surface area contributed by atoms with E-state index in [1.54, 1.807) is 24.3 Å². The number of likely N-dealkylation sites (tertiary alicyclic amines) is 1. The first-order valence-corrected chi connectivity index (χ1v) is 8.72. The van der Waals surface area contributed by atoms with Gasteiger partial charge in [0.05, 0.1) is 6.61 Å². The summed E-state index contributed by atoms with van der Waals surface area (Å²) in [4.78, 5) is 26.1. The van der Waals surface area contributed by atoms with Crippen molar-refractivity contribution < 1.29 is 19.1 Å². The Morgan fingerprint density at radius 3 is 2.64 bits per heavy atom. The van der Waals surface area contributed by atoms with Crippen molar-refractivity contribution in [1.29, 1.82) is 0 Å². The van der Waals surface area contributed by atoms with Crippen LogP contribution in [-0.2, 0) is 4.79 Å². The van der Waals surface area contributed by atoms with Crippen LogP contribution in [0.25, 0.3) is 0 Å². The molecule has 6 nitrogen and oxygen atoms in total. The molecule has 6 heteroatoms. The van der Waals surface area contributed by atoms with Gasteiger partial charge in [-0.25, -0.2) is 0 Å². The van der Waals surface area contributed by atoms with Gasteiger partial charge in [-0.3, -0.25) is 9.59 Å². The number of amides is 2. The third-order valence-corrected chi connectivity index (χ3v) is 3.97. The van der Waals surface area contributed by atoms with Crippen LogP contribution in [0.1, 0.15) is 36.5 Å². The van der Waals surface area contributed by atoms with E-state index in [-0.39, 0.29) is 18.4 Å². The Balaban J connectivity index is 2.02. The fourth-order valence-electron chi connectivity index (χ4n) is 2.68. The summed E-state index contributed by atoms with van der Waals surface area (Å²) in [7, 11) is 0. The minimum absolute atomic E-state index is 0.0186. The van der Waals surface area contributed by atoms with Gasteiger partial charge in [-0.05, 0) is 44.4 Å². The molecule has 1 aliphatic rings. The summed E-state index contributed by atoms with van der Waals surface area (Å²) in [6.07, 6.45) is 4.88. The molecule has 0 spiro atoms. The monoisotopic (exact) mass is 346 g/mol. The number of nitrogens with one attached hydrogen (secondary N) is 1. The molecule has 0 aromatic heterocycles. The van der Waals surface area contributed by atoms with E-state index in [1.165, 1.54) is 6.42 Å². The minimum atomic E-state index is -0.211. The molecule has 1 aliphatic heterocycles. The SMILES string of the molecule is C=CCNC(=O)c1ccc(OCC(=O)N2CCCCC2)c(OCC)c1. The Labute approximate surface area is 148 Å². The number of carbonyl (C=O) groups excluding carboxylic acids is 2. The second kappa shape index (κ2) is 9.71. The lowest BCUT2D eigenvalue weighted by Gasteiger charge is -2.26. The predicted octanol–water partition coefficient (Wildman–Crippen LogP) is 2.39. The molecule has 1 aromatic rings. The molecule has 2 amide bonds. The summed E-state index contributed by atoms with van der Waals surface area (Å²) in [6, 6.07) is 4.95. The van der Waals surface area contributed by atoms with Gasteiger partial charge in [-0.15, -0.1) is 6.58 Å². The van der Waals surface area contributed by atoms with Crippen molar-refractivity contribution in [2.24, 2.45) is 0 Å². The fourth-order valence-corrected chi connectivity index (χ4v) is 2.68. The normalized spacial score (nSPS) is 13.9. The van der Waals surface area contributed by atoms with Crippen molar-refractivity contribution in [2.45, 2.75) is 26.2 Å². The number of rotatable bonds is 8. The zero-order valence-electron chi connectivity index (χ0n) is 14.8. The Kier molecular flexibility index (Phi) is 7.32. The second-order valence-corrected chi connectivity index (χ2v) is 5.82. The summed E-state index contributed by atoms with van der Waals surface area (Å²) in [5.74, 6) is 0.694. The zero-order chi connectivity index (χ0) is 18.1. The highest BCUT2D eigenvalue weighted by Gasteiger charge is 2.18. The van der Waals surface area contributed by atoms with Gasteiger partial charge in [0.15, 0.2) is 18.1 Å². The van der Waals surface area contributed by atoms with Crippen molar-refractivity contribution >= 4 is 11.8 Å². The number of hydrogen-bond acceptors (Lipinski definition) is 4. The molecule has 136 valence electrons. The van der Waals surface area contributed by atoms with Gasteiger partial charge in [0.1, 0.15) is 0 Å². The van der Waals surface area contributed by atoms with E-state index in [9.17, 15) is 9.59 Å². The summed E-state index contributed by atoms with van der Waals surface area (Å²) >= 11 is 0. The summed E-state index contributed by atoms with van der Waals surface area (Å²) in [6.45, 7) is 7.82. The number of nitrogens with zero attached hydrogens (tertiary/aromatic N) is 1. The first-order chi connectivity index (χ1) is 12.2. The van der Waals surface area contributed by atoms with E-state index in [1.807, 2.05) is 11.8 Å². The van der Waals surface area contributed by atoms with Crippen molar-refractivity contribution in [3.8, 4) is 11.5 Å². The maximum atomic E-state index is 12.2. The molecule has 0 saturated carbocycles. The van der Waals surface area contributed by atoms with E-state index in [4.69, 9.17) is 9.47 Å². The average molecular weight is 346 g/mol. The molecule has 1 fully saturated rings. The van der Waals surface area contributed by atoms with Gasteiger partial charge in [0.2, 0.25) is 0 Å². The minimum Gasteiger partial charge on any atom is -0.490 e. The van der Waals surface area contributed by atoms with Crippen LogP contribution in [0, 0.1) is 0 Å². The van der Waals surface area contributed by atoms with Crippen LogP contribution in [0.2, 0.25) is 0 Å². The lowest BCUT2D eigenvalue weighted by atomic mass is 10.1. The van der Waals surface area contributed by atoms with Gasteiger partial charge in [0, 0.05) is 25.2 Å². The van der Waals surface area contributed by atoms with E-state index in [0.717, 1.165) is 25.9 Å². The van der Waals surface area contributed by atoms with Gasteiger partial charge in [-0.2, -0.15) is 0 Å². The quantitative estimate of drug-likeness (QED) is 0.734. The average Bonchev–Trinajstić information content (AvgIpc) is 2.65. The Hall–Kier alpha value is -2.50. The number of carbonyl (C=O) groups is 2. The number of benzene rings is 1. The summed E-state index contributed by atoms with van der Waals surface area (Å²) < 4.78 is 11.2. The molecule has 0 unspecified atom stereocenters. The molecule has 0 aliphatic carbocycles. The van der Waals surface area contributed by atoms with Gasteiger partial charge in [-0.1, -0.05) is 6.08 Å².